The average molecular weight is 299 g/mol. The first-order valence-electron chi connectivity index (χ1n) is 6.67. The first kappa shape index (κ1) is 17.0. The number of aliphatic carboxylic acids is 1. The number of carboxylic acids is 1. The number of nitrogens with zero attached hydrogens (tertiary/aromatic N) is 1. The van der Waals surface area contributed by atoms with Gasteiger partial charge < -0.3 is 25.8 Å². The quantitative estimate of drug-likeness (QED) is 0.557. The third-order valence-corrected chi connectivity index (χ3v) is 3.20. The highest BCUT2D eigenvalue weighted by Crippen LogP contribution is 2.11. The van der Waals surface area contributed by atoms with Crippen LogP contribution in [0.15, 0.2) is 11.6 Å². The van der Waals surface area contributed by atoms with Crippen molar-refractivity contribution in [3.05, 3.63) is 11.6 Å². The fourth-order valence-electron chi connectivity index (χ4n) is 2.00. The van der Waals surface area contributed by atoms with Crippen molar-refractivity contribution < 1.29 is 24.2 Å². The number of carboxylic acid groups (broad SMARTS) is 1. The van der Waals surface area contributed by atoms with Gasteiger partial charge in [0.2, 0.25) is 5.91 Å². The molecule has 0 fully saturated rings. The Labute approximate surface area is 122 Å². The van der Waals surface area contributed by atoms with Gasteiger partial charge in [-0.15, -0.1) is 0 Å². The summed E-state index contributed by atoms with van der Waals surface area (Å²) in [5.41, 5.74) is 6.10. The highest BCUT2D eigenvalue weighted by Gasteiger charge is 2.24. The Balaban J connectivity index is 2.51. The number of carbonyl (C=O) groups is 3. The number of amides is 3. The molecule has 21 heavy (non-hydrogen) atoms. The van der Waals surface area contributed by atoms with Crippen molar-refractivity contribution in [3.63, 3.8) is 0 Å². The molecular weight excluding hydrogens is 278 g/mol. The second-order valence-electron chi connectivity index (χ2n) is 4.84. The minimum atomic E-state index is -1.18. The van der Waals surface area contributed by atoms with Crippen molar-refractivity contribution in [3.8, 4) is 0 Å². The van der Waals surface area contributed by atoms with Gasteiger partial charge in [0.25, 0.3) is 0 Å². The van der Waals surface area contributed by atoms with Crippen LogP contribution in [0.1, 0.15) is 19.3 Å². The van der Waals surface area contributed by atoms with E-state index in [0.29, 0.717) is 26.1 Å². The molecule has 0 spiro atoms. The summed E-state index contributed by atoms with van der Waals surface area (Å²) < 4.78 is 5.02. The predicted octanol–water partition coefficient (Wildman–Crippen LogP) is -0.307. The fraction of sp³-hybridized carbons (Fsp3) is 0.615. The molecule has 1 aliphatic rings. The lowest BCUT2D eigenvalue weighted by molar-refractivity contribution is -0.139. The molecule has 0 saturated heterocycles. The van der Waals surface area contributed by atoms with E-state index in [4.69, 9.17) is 15.6 Å². The number of hydrogen-bond acceptors (Lipinski definition) is 4. The molecule has 1 rings (SSSR count). The van der Waals surface area contributed by atoms with Gasteiger partial charge in [-0.3, -0.25) is 4.79 Å². The van der Waals surface area contributed by atoms with Crippen LogP contribution in [0.25, 0.3) is 0 Å². The maximum absolute atomic E-state index is 12.0. The molecule has 118 valence electrons. The van der Waals surface area contributed by atoms with Gasteiger partial charge in [0, 0.05) is 26.6 Å². The highest BCUT2D eigenvalue weighted by molar-refractivity contribution is 5.83. The normalized spacial score (nSPS) is 16.0. The van der Waals surface area contributed by atoms with Gasteiger partial charge in [0.15, 0.2) is 0 Å². The summed E-state index contributed by atoms with van der Waals surface area (Å²) in [5, 5.41) is 11.4. The summed E-state index contributed by atoms with van der Waals surface area (Å²) in [5.74, 6) is -1.78. The third-order valence-electron chi connectivity index (χ3n) is 3.20. The molecule has 4 N–H and O–H groups in total. The zero-order valence-corrected chi connectivity index (χ0v) is 12.0. The summed E-state index contributed by atoms with van der Waals surface area (Å²) in [6.45, 7) is 1.45. The Morgan fingerprint density at radius 3 is 2.71 bits per heavy atom. The van der Waals surface area contributed by atoms with Gasteiger partial charge in [-0.2, -0.15) is 0 Å². The van der Waals surface area contributed by atoms with E-state index in [0.717, 1.165) is 5.57 Å². The number of urea groups is 1. The number of nitrogens with one attached hydrogen (secondary N) is 1. The Bertz CT molecular complexity index is 436. The van der Waals surface area contributed by atoms with Crippen molar-refractivity contribution in [2.75, 3.05) is 26.8 Å². The summed E-state index contributed by atoms with van der Waals surface area (Å²) in [7, 11) is 1.61. The summed E-state index contributed by atoms with van der Waals surface area (Å²) >= 11 is 0. The Morgan fingerprint density at radius 1 is 1.52 bits per heavy atom. The van der Waals surface area contributed by atoms with Crippen LogP contribution in [0.3, 0.4) is 0 Å². The van der Waals surface area contributed by atoms with Crippen LogP contribution >= 0.6 is 0 Å². The number of methoxy groups -OCH3 is 1. The van der Waals surface area contributed by atoms with E-state index in [2.05, 4.69) is 5.32 Å². The Hall–Kier alpha value is -2.09. The van der Waals surface area contributed by atoms with Crippen LogP contribution in [-0.2, 0) is 14.3 Å². The van der Waals surface area contributed by atoms with E-state index in [1.807, 2.05) is 6.08 Å². The third kappa shape index (κ3) is 5.82. The van der Waals surface area contributed by atoms with Crippen molar-refractivity contribution in [2.45, 2.75) is 25.3 Å². The fourth-order valence-corrected chi connectivity index (χ4v) is 2.00. The van der Waals surface area contributed by atoms with Crippen LogP contribution in [0, 0.1) is 0 Å². The second-order valence-corrected chi connectivity index (χ2v) is 4.84. The zero-order valence-electron chi connectivity index (χ0n) is 12.0. The van der Waals surface area contributed by atoms with E-state index < -0.39 is 23.9 Å². The number of primary amides is 1. The summed E-state index contributed by atoms with van der Waals surface area (Å²) in [6.07, 6.45) is 2.48. The topological polar surface area (TPSA) is 122 Å². The van der Waals surface area contributed by atoms with E-state index in [9.17, 15) is 14.4 Å². The standard InChI is InChI=1S/C13H21N3O5/c1-21-8-9-4-6-16(7-5-9)13(20)15-10(12(18)19)2-3-11(14)17/h4,10H,2-3,5-8H2,1H3,(H2,14,17)(H,15,20)(H,18,19). The van der Waals surface area contributed by atoms with Crippen molar-refractivity contribution in [2.24, 2.45) is 5.73 Å². The SMILES string of the molecule is COCC1=CCN(C(=O)NC(CCC(N)=O)C(=O)O)CC1. The maximum atomic E-state index is 12.0. The largest absolute Gasteiger partial charge is 0.480 e. The molecule has 0 saturated carbocycles. The van der Waals surface area contributed by atoms with Crippen LogP contribution in [0.2, 0.25) is 0 Å². The lowest BCUT2D eigenvalue weighted by Gasteiger charge is -2.28. The Morgan fingerprint density at radius 2 is 2.24 bits per heavy atom. The lowest BCUT2D eigenvalue weighted by atomic mass is 10.1. The molecule has 0 radical (unpaired) electrons. The first-order chi connectivity index (χ1) is 9.93. The molecule has 0 bridgehead atoms. The van der Waals surface area contributed by atoms with Crippen LogP contribution < -0.4 is 11.1 Å². The summed E-state index contributed by atoms with van der Waals surface area (Å²) in [4.78, 5) is 35.3. The number of ether oxygens (including phenoxy) is 1. The summed E-state index contributed by atoms with van der Waals surface area (Å²) in [6, 6.07) is -1.58. The van der Waals surface area contributed by atoms with E-state index in [-0.39, 0.29) is 12.8 Å². The number of carbonyl (C=O) groups excluding carboxylic acids is 2. The van der Waals surface area contributed by atoms with Crippen LogP contribution in [0.4, 0.5) is 4.79 Å². The van der Waals surface area contributed by atoms with Gasteiger partial charge in [0.1, 0.15) is 6.04 Å². The molecule has 0 aliphatic carbocycles. The van der Waals surface area contributed by atoms with Gasteiger partial charge >= 0.3 is 12.0 Å². The van der Waals surface area contributed by atoms with Crippen molar-refractivity contribution in [1.82, 2.24) is 10.2 Å². The van der Waals surface area contributed by atoms with Crippen LogP contribution in [0.5, 0.6) is 0 Å². The first-order valence-corrected chi connectivity index (χ1v) is 6.67. The second kappa shape index (κ2) is 8.25. The highest BCUT2D eigenvalue weighted by atomic mass is 16.5. The van der Waals surface area contributed by atoms with Gasteiger partial charge in [0.05, 0.1) is 6.61 Å². The zero-order chi connectivity index (χ0) is 15.8. The number of rotatable bonds is 7. The monoisotopic (exact) mass is 299 g/mol. The minimum absolute atomic E-state index is 0.0188. The smallest absolute Gasteiger partial charge is 0.326 e. The average Bonchev–Trinajstić information content (AvgIpc) is 2.43. The van der Waals surface area contributed by atoms with Gasteiger partial charge in [-0.1, -0.05) is 6.08 Å². The molecule has 8 heteroatoms. The van der Waals surface area contributed by atoms with Crippen molar-refractivity contribution in [1.29, 1.82) is 0 Å². The molecule has 8 nitrogen and oxygen atoms in total. The molecule has 1 heterocycles. The molecule has 0 aromatic carbocycles. The van der Waals surface area contributed by atoms with Crippen molar-refractivity contribution >= 4 is 17.9 Å². The van der Waals surface area contributed by atoms with E-state index in [1.54, 1.807) is 7.11 Å². The number of nitrogens with two attached hydrogens (primary N) is 1. The number of hydrogen-bond donors (Lipinski definition) is 3. The Kier molecular flexibility index (Phi) is 6.67. The molecule has 0 aromatic heterocycles. The lowest BCUT2D eigenvalue weighted by Crippen LogP contribution is -2.49. The molecule has 1 aliphatic heterocycles. The van der Waals surface area contributed by atoms with Gasteiger partial charge in [-0.25, -0.2) is 9.59 Å². The van der Waals surface area contributed by atoms with Gasteiger partial charge in [-0.05, 0) is 18.4 Å². The molecule has 3 amide bonds. The molecule has 0 aromatic rings. The minimum Gasteiger partial charge on any atom is -0.480 e. The maximum Gasteiger partial charge on any atom is 0.326 e. The molecule has 1 unspecified atom stereocenters. The molecular formula is C13H21N3O5. The molecule has 1 atom stereocenters. The van der Waals surface area contributed by atoms with E-state index in [1.165, 1.54) is 4.90 Å². The van der Waals surface area contributed by atoms with Crippen LogP contribution in [-0.4, -0.2) is 60.8 Å². The predicted molar refractivity (Wildman–Crippen MR) is 74.5 cm³/mol. The van der Waals surface area contributed by atoms with E-state index >= 15 is 0 Å².